The fourth-order valence-electron chi connectivity index (χ4n) is 3.25. The molecule has 0 bridgehead atoms. The summed E-state index contributed by atoms with van der Waals surface area (Å²) >= 11 is 0. The van der Waals surface area contributed by atoms with Crippen LogP contribution in [0, 0.1) is 18.3 Å². The summed E-state index contributed by atoms with van der Waals surface area (Å²) in [7, 11) is 0. The third-order valence-electron chi connectivity index (χ3n) is 4.85. The lowest BCUT2D eigenvalue weighted by Crippen LogP contribution is -2.36. The number of ether oxygens (including phenoxy) is 1. The van der Waals surface area contributed by atoms with Crippen LogP contribution < -0.4 is 15.5 Å². The number of hydrogen-bond donors (Lipinski definition) is 2. The molecule has 1 saturated heterocycles. The molecule has 8 nitrogen and oxygen atoms in total. The number of carbonyl (C=O) groups excluding carboxylic acids is 1. The Kier molecular flexibility index (Phi) is 6.05. The fraction of sp³-hybridized carbons (Fsp3) is 0.217. The molecular weight excluding hydrogens is 392 g/mol. The zero-order valence-electron chi connectivity index (χ0n) is 17.1. The quantitative estimate of drug-likeness (QED) is 0.659. The number of carbonyl (C=O) groups is 1. The minimum absolute atomic E-state index is 0.230. The monoisotopic (exact) mass is 414 g/mol. The minimum Gasteiger partial charge on any atom is -0.378 e. The van der Waals surface area contributed by atoms with Gasteiger partial charge in [0.1, 0.15) is 17.5 Å². The van der Waals surface area contributed by atoms with Gasteiger partial charge in [0.05, 0.1) is 24.8 Å². The minimum atomic E-state index is -0.230. The van der Waals surface area contributed by atoms with Crippen molar-refractivity contribution < 1.29 is 9.53 Å². The SMILES string of the molecule is Cc1nc(Nc2ccc(NC(=O)c3ccc(C#N)cc3)cc2)cc(N2CCOCC2)n1. The van der Waals surface area contributed by atoms with E-state index in [4.69, 9.17) is 10.00 Å². The highest BCUT2D eigenvalue weighted by Crippen LogP contribution is 2.22. The third-order valence-corrected chi connectivity index (χ3v) is 4.85. The molecule has 0 atom stereocenters. The molecule has 2 heterocycles. The second-order valence-corrected chi connectivity index (χ2v) is 7.10. The summed E-state index contributed by atoms with van der Waals surface area (Å²) in [6, 6.07) is 17.9. The smallest absolute Gasteiger partial charge is 0.255 e. The average Bonchev–Trinajstić information content (AvgIpc) is 2.80. The zero-order valence-corrected chi connectivity index (χ0v) is 17.1. The normalized spacial score (nSPS) is 13.4. The standard InChI is InChI=1S/C23H22N6O2/c1-16-25-21(14-22(26-16)29-10-12-31-13-11-29)27-19-6-8-20(9-7-19)28-23(30)18-4-2-17(15-24)3-5-18/h2-9,14H,10-13H2,1H3,(H,28,30)(H,25,26,27). The van der Waals surface area contributed by atoms with Gasteiger partial charge in [-0.15, -0.1) is 0 Å². The first-order valence-electron chi connectivity index (χ1n) is 9.98. The molecule has 31 heavy (non-hydrogen) atoms. The van der Waals surface area contributed by atoms with Crippen LogP contribution in [0.5, 0.6) is 0 Å². The predicted molar refractivity (Wildman–Crippen MR) is 119 cm³/mol. The van der Waals surface area contributed by atoms with Crippen LogP contribution >= 0.6 is 0 Å². The molecule has 0 radical (unpaired) electrons. The fourth-order valence-corrected chi connectivity index (χ4v) is 3.25. The van der Waals surface area contributed by atoms with Crippen LogP contribution in [0.25, 0.3) is 0 Å². The average molecular weight is 414 g/mol. The molecule has 0 unspecified atom stereocenters. The molecule has 0 spiro atoms. The van der Waals surface area contributed by atoms with Gasteiger partial charge in [0.25, 0.3) is 5.91 Å². The number of benzene rings is 2. The van der Waals surface area contributed by atoms with Gasteiger partial charge >= 0.3 is 0 Å². The highest BCUT2D eigenvalue weighted by molar-refractivity contribution is 6.04. The first-order valence-corrected chi connectivity index (χ1v) is 9.98. The maximum absolute atomic E-state index is 12.4. The Morgan fingerprint density at radius 2 is 1.71 bits per heavy atom. The van der Waals surface area contributed by atoms with Crippen LogP contribution in [-0.4, -0.2) is 42.2 Å². The number of nitrogens with one attached hydrogen (secondary N) is 2. The Labute approximate surface area is 180 Å². The number of nitriles is 1. The van der Waals surface area contributed by atoms with Gasteiger partial charge in [0, 0.05) is 36.1 Å². The molecule has 1 amide bonds. The number of hydrogen-bond acceptors (Lipinski definition) is 7. The van der Waals surface area contributed by atoms with Gasteiger partial charge in [-0.3, -0.25) is 4.79 Å². The van der Waals surface area contributed by atoms with Crippen molar-refractivity contribution in [2.24, 2.45) is 0 Å². The summed E-state index contributed by atoms with van der Waals surface area (Å²) < 4.78 is 5.41. The van der Waals surface area contributed by atoms with E-state index in [0.29, 0.717) is 41.7 Å². The lowest BCUT2D eigenvalue weighted by atomic mass is 10.1. The van der Waals surface area contributed by atoms with Crippen molar-refractivity contribution in [2.75, 3.05) is 41.8 Å². The molecule has 3 aromatic rings. The number of aromatic nitrogens is 2. The second kappa shape index (κ2) is 9.24. The van der Waals surface area contributed by atoms with Crippen LogP contribution in [0.15, 0.2) is 54.6 Å². The van der Waals surface area contributed by atoms with Crippen LogP contribution in [0.3, 0.4) is 0 Å². The molecule has 2 aromatic carbocycles. The van der Waals surface area contributed by atoms with Crippen molar-refractivity contribution in [3.8, 4) is 6.07 Å². The summed E-state index contributed by atoms with van der Waals surface area (Å²) in [5.41, 5.74) is 2.53. The van der Waals surface area contributed by atoms with Crippen LogP contribution in [-0.2, 0) is 4.74 Å². The number of rotatable bonds is 5. The molecule has 0 aliphatic carbocycles. The largest absolute Gasteiger partial charge is 0.378 e. The van der Waals surface area contributed by atoms with Crippen LogP contribution in [0.4, 0.5) is 23.0 Å². The molecule has 156 valence electrons. The lowest BCUT2D eigenvalue weighted by Gasteiger charge is -2.28. The predicted octanol–water partition coefficient (Wildman–Crippen LogP) is 3.49. The first-order chi connectivity index (χ1) is 15.1. The van der Waals surface area contributed by atoms with Crippen molar-refractivity contribution in [2.45, 2.75) is 6.92 Å². The van der Waals surface area contributed by atoms with Gasteiger partial charge < -0.3 is 20.3 Å². The van der Waals surface area contributed by atoms with E-state index in [-0.39, 0.29) is 5.91 Å². The number of morpholine rings is 1. The molecule has 1 fully saturated rings. The lowest BCUT2D eigenvalue weighted by molar-refractivity contribution is 0.102. The number of aryl methyl sites for hydroxylation is 1. The van der Waals surface area contributed by atoms with Gasteiger partial charge in [-0.25, -0.2) is 9.97 Å². The van der Waals surface area contributed by atoms with E-state index < -0.39 is 0 Å². The summed E-state index contributed by atoms with van der Waals surface area (Å²) in [4.78, 5) is 23.6. The molecule has 2 N–H and O–H groups in total. The van der Waals surface area contributed by atoms with E-state index >= 15 is 0 Å². The molecular formula is C23H22N6O2. The topological polar surface area (TPSA) is 103 Å². The third kappa shape index (κ3) is 5.15. The summed E-state index contributed by atoms with van der Waals surface area (Å²) in [5.74, 6) is 2.05. The molecule has 1 aliphatic heterocycles. The number of anilines is 4. The van der Waals surface area contributed by atoms with Crippen LogP contribution in [0.2, 0.25) is 0 Å². The van der Waals surface area contributed by atoms with Gasteiger partial charge in [0.2, 0.25) is 0 Å². The molecule has 8 heteroatoms. The highest BCUT2D eigenvalue weighted by atomic mass is 16.5. The maximum atomic E-state index is 12.4. The van der Waals surface area contributed by atoms with Crippen LogP contribution in [0.1, 0.15) is 21.7 Å². The zero-order chi connectivity index (χ0) is 21.6. The van der Waals surface area contributed by atoms with E-state index in [2.05, 4.69) is 25.5 Å². The number of amides is 1. The van der Waals surface area contributed by atoms with Crippen molar-refractivity contribution >= 4 is 28.9 Å². The maximum Gasteiger partial charge on any atom is 0.255 e. The van der Waals surface area contributed by atoms with Crippen molar-refractivity contribution in [1.82, 2.24) is 9.97 Å². The van der Waals surface area contributed by atoms with E-state index in [9.17, 15) is 4.79 Å². The van der Waals surface area contributed by atoms with Crippen molar-refractivity contribution in [3.05, 3.63) is 71.5 Å². The van der Waals surface area contributed by atoms with E-state index in [1.54, 1.807) is 24.3 Å². The Morgan fingerprint density at radius 3 is 2.39 bits per heavy atom. The second-order valence-electron chi connectivity index (χ2n) is 7.10. The first kappa shape index (κ1) is 20.3. The van der Waals surface area contributed by atoms with Gasteiger partial charge in [-0.05, 0) is 55.5 Å². The van der Waals surface area contributed by atoms with E-state index in [1.165, 1.54) is 0 Å². The van der Waals surface area contributed by atoms with Crippen molar-refractivity contribution in [3.63, 3.8) is 0 Å². The van der Waals surface area contributed by atoms with E-state index in [1.807, 2.05) is 43.3 Å². The van der Waals surface area contributed by atoms with Crippen molar-refractivity contribution in [1.29, 1.82) is 5.26 Å². The molecule has 1 aromatic heterocycles. The number of nitrogens with zero attached hydrogens (tertiary/aromatic N) is 4. The Hall–Kier alpha value is -3.96. The molecule has 4 rings (SSSR count). The summed E-state index contributed by atoms with van der Waals surface area (Å²) in [6.45, 7) is 4.88. The molecule has 1 aliphatic rings. The summed E-state index contributed by atoms with van der Waals surface area (Å²) in [6.07, 6.45) is 0. The van der Waals surface area contributed by atoms with Gasteiger partial charge in [-0.2, -0.15) is 5.26 Å². The van der Waals surface area contributed by atoms with Gasteiger partial charge in [0.15, 0.2) is 0 Å². The highest BCUT2D eigenvalue weighted by Gasteiger charge is 2.14. The Balaban J connectivity index is 1.42. The molecule has 0 saturated carbocycles. The Bertz CT molecular complexity index is 1100. The summed E-state index contributed by atoms with van der Waals surface area (Å²) in [5, 5.41) is 15.0. The Morgan fingerprint density at radius 1 is 1.03 bits per heavy atom. The van der Waals surface area contributed by atoms with Gasteiger partial charge in [-0.1, -0.05) is 0 Å². The van der Waals surface area contributed by atoms with E-state index in [0.717, 1.165) is 24.6 Å².